The molecule has 0 bridgehead atoms. The number of nitrogens with zero attached hydrogens (tertiary/aromatic N) is 2. The van der Waals surface area contributed by atoms with Crippen LogP contribution in [-0.4, -0.2) is 31.9 Å². The quantitative estimate of drug-likeness (QED) is 0.520. The van der Waals surface area contributed by atoms with Gasteiger partial charge in [0.2, 0.25) is 0 Å². The predicted octanol–water partition coefficient (Wildman–Crippen LogP) is 3.08. The monoisotopic (exact) mass is 484 g/mol. The molecule has 0 radical (unpaired) electrons. The molecule has 0 aliphatic carbocycles. The first-order valence-corrected chi connectivity index (χ1v) is 11.2. The molecule has 2 heterocycles. The van der Waals surface area contributed by atoms with E-state index in [0.29, 0.717) is 37.1 Å². The van der Waals surface area contributed by atoms with E-state index in [1.54, 1.807) is 50.4 Å². The summed E-state index contributed by atoms with van der Waals surface area (Å²) in [4.78, 5) is 31.3. The van der Waals surface area contributed by atoms with Crippen molar-refractivity contribution in [2.45, 2.75) is 13.0 Å². The molecule has 0 unspecified atom stereocenters. The molecule has 0 spiro atoms. The van der Waals surface area contributed by atoms with Crippen LogP contribution in [0, 0.1) is 0 Å². The number of thiazole rings is 1. The van der Waals surface area contributed by atoms with Crippen LogP contribution in [0.3, 0.4) is 0 Å². The molecular weight excluding hydrogens is 464 g/mol. The summed E-state index contributed by atoms with van der Waals surface area (Å²) in [7, 11) is 4.38. The second-order valence-corrected chi connectivity index (χ2v) is 8.68. The molecule has 9 heteroatoms. The number of benzene rings is 2. The number of hydrogen-bond donors (Lipinski definition) is 0. The van der Waals surface area contributed by atoms with Crippen molar-refractivity contribution in [3.8, 4) is 11.5 Å². The van der Waals surface area contributed by atoms with E-state index in [-0.39, 0.29) is 11.1 Å². The lowest BCUT2D eigenvalue weighted by Crippen LogP contribution is -2.39. The first-order chi connectivity index (χ1) is 15.9. The summed E-state index contributed by atoms with van der Waals surface area (Å²) >= 11 is 7.23. The third kappa shape index (κ3) is 4.19. The number of fused-ring (bicyclic) bond motifs is 1. The van der Waals surface area contributed by atoms with Crippen molar-refractivity contribution < 1.29 is 19.0 Å². The van der Waals surface area contributed by atoms with Crippen LogP contribution in [0.15, 0.2) is 63.5 Å². The van der Waals surface area contributed by atoms with E-state index in [1.807, 2.05) is 12.1 Å². The second-order valence-electron chi connectivity index (χ2n) is 7.24. The SMILES string of the molecule is COC(=O)C1=C(C)N=c2s/c(=C\c3ccc(Cl)cc3)c(=O)n2[C@H]1c1ccc(OC)c(OC)c1. The Morgan fingerprint density at radius 2 is 1.79 bits per heavy atom. The Labute approximate surface area is 198 Å². The highest BCUT2D eigenvalue weighted by Crippen LogP contribution is 2.35. The van der Waals surface area contributed by atoms with E-state index >= 15 is 0 Å². The van der Waals surface area contributed by atoms with E-state index in [1.165, 1.54) is 30.1 Å². The van der Waals surface area contributed by atoms with Gasteiger partial charge in [-0.05, 0) is 48.4 Å². The zero-order chi connectivity index (χ0) is 23.7. The van der Waals surface area contributed by atoms with E-state index in [9.17, 15) is 9.59 Å². The summed E-state index contributed by atoms with van der Waals surface area (Å²) in [6, 6.07) is 11.7. The minimum atomic E-state index is -0.735. The van der Waals surface area contributed by atoms with Crippen LogP contribution in [0.4, 0.5) is 0 Å². The van der Waals surface area contributed by atoms with Crippen LogP contribution in [0.5, 0.6) is 11.5 Å². The first kappa shape index (κ1) is 22.8. The normalized spacial score (nSPS) is 15.7. The van der Waals surface area contributed by atoms with Gasteiger partial charge in [0.25, 0.3) is 5.56 Å². The number of methoxy groups -OCH3 is 3. The minimum Gasteiger partial charge on any atom is -0.493 e. The maximum absolute atomic E-state index is 13.5. The fraction of sp³-hybridized carbons (Fsp3) is 0.208. The Morgan fingerprint density at radius 1 is 1.09 bits per heavy atom. The molecule has 0 saturated heterocycles. The first-order valence-electron chi connectivity index (χ1n) is 9.96. The van der Waals surface area contributed by atoms with Crippen LogP contribution in [0.1, 0.15) is 24.1 Å². The van der Waals surface area contributed by atoms with Crippen molar-refractivity contribution in [2.24, 2.45) is 4.99 Å². The van der Waals surface area contributed by atoms with Crippen LogP contribution in [-0.2, 0) is 9.53 Å². The molecule has 0 saturated carbocycles. The molecule has 1 aromatic heterocycles. The zero-order valence-corrected chi connectivity index (χ0v) is 20.0. The molecular formula is C24H21ClN2O5S. The lowest BCUT2D eigenvalue weighted by atomic mass is 9.95. The van der Waals surface area contributed by atoms with Gasteiger partial charge in [0, 0.05) is 5.02 Å². The molecule has 170 valence electrons. The molecule has 0 N–H and O–H groups in total. The molecule has 33 heavy (non-hydrogen) atoms. The van der Waals surface area contributed by atoms with Gasteiger partial charge in [-0.3, -0.25) is 9.36 Å². The lowest BCUT2D eigenvalue weighted by Gasteiger charge is -2.25. The summed E-state index contributed by atoms with van der Waals surface area (Å²) in [5.41, 5.74) is 2.01. The Hall–Kier alpha value is -3.36. The van der Waals surface area contributed by atoms with Gasteiger partial charge in [-0.25, -0.2) is 9.79 Å². The number of aromatic nitrogens is 1. The molecule has 0 fully saturated rings. The summed E-state index contributed by atoms with van der Waals surface area (Å²) in [6.45, 7) is 1.73. The van der Waals surface area contributed by atoms with Crippen molar-refractivity contribution in [1.82, 2.24) is 4.57 Å². The molecule has 4 rings (SSSR count). The standard InChI is InChI=1S/C24H21ClN2O5S/c1-13-20(23(29)32-4)21(15-7-10-17(30-2)18(12-15)31-3)27-22(28)19(33-24(27)26-13)11-14-5-8-16(25)9-6-14/h5-12,21H,1-4H3/b19-11-/t21-/m0/s1. The summed E-state index contributed by atoms with van der Waals surface area (Å²) in [6.07, 6.45) is 1.78. The number of hydrogen-bond acceptors (Lipinski definition) is 7. The highest BCUT2D eigenvalue weighted by Gasteiger charge is 2.33. The number of allylic oxidation sites excluding steroid dienone is 1. The van der Waals surface area contributed by atoms with E-state index in [4.69, 9.17) is 25.8 Å². The summed E-state index contributed by atoms with van der Waals surface area (Å²) in [5, 5.41) is 0.611. The largest absolute Gasteiger partial charge is 0.493 e. The fourth-order valence-corrected chi connectivity index (χ4v) is 4.91. The number of carbonyl (C=O) groups is 1. The lowest BCUT2D eigenvalue weighted by molar-refractivity contribution is -0.136. The fourth-order valence-electron chi connectivity index (χ4n) is 3.74. The Kier molecular flexibility index (Phi) is 6.40. The van der Waals surface area contributed by atoms with Crippen molar-refractivity contribution in [1.29, 1.82) is 0 Å². The molecule has 1 atom stereocenters. The highest BCUT2D eigenvalue weighted by molar-refractivity contribution is 7.07. The number of esters is 1. The van der Waals surface area contributed by atoms with Gasteiger partial charge < -0.3 is 14.2 Å². The van der Waals surface area contributed by atoms with Crippen molar-refractivity contribution in [3.63, 3.8) is 0 Å². The molecule has 1 aliphatic heterocycles. The van der Waals surface area contributed by atoms with E-state index in [0.717, 1.165) is 5.56 Å². The number of rotatable bonds is 5. The molecule has 7 nitrogen and oxygen atoms in total. The van der Waals surface area contributed by atoms with Gasteiger partial charge in [0.15, 0.2) is 16.3 Å². The van der Waals surface area contributed by atoms with Crippen molar-refractivity contribution >= 4 is 35.0 Å². The number of carbonyl (C=O) groups excluding carboxylic acids is 1. The average molecular weight is 485 g/mol. The zero-order valence-electron chi connectivity index (χ0n) is 18.4. The third-order valence-electron chi connectivity index (χ3n) is 5.32. The maximum atomic E-state index is 13.5. The van der Waals surface area contributed by atoms with Gasteiger partial charge in [0.05, 0.1) is 43.2 Å². The van der Waals surface area contributed by atoms with Gasteiger partial charge >= 0.3 is 5.97 Å². The second kappa shape index (κ2) is 9.25. The molecule has 2 aromatic carbocycles. The molecule has 0 amide bonds. The Morgan fingerprint density at radius 3 is 2.42 bits per heavy atom. The third-order valence-corrected chi connectivity index (χ3v) is 6.55. The maximum Gasteiger partial charge on any atom is 0.338 e. The molecule has 3 aromatic rings. The van der Waals surface area contributed by atoms with Crippen molar-refractivity contribution in [3.05, 3.63) is 89.6 Å². The van der Waals surface area contributed by atoms with Gasteiger partial charge in [0.1, 0.15) is 0 Å². The number of ether oxygens (including phenoxy) is 3. The van der Waals surface area contributed by atoms with E-state index in [2.05, 4.69) is 4.99 Å². The van der Waals surface area contributed by atoms with Gasteiger partial charge in [-0.15, -0.1) is 0 Å². The Bertz CT molecular complexity index is 1440. The van der Waals surface area contributed by atoms with Crippen molar-refractivity contribution in [2.75, 3.05) is 21.3 Å². The number of halogens is 1. The van der Waals surface area contributed by atoms with Crippen LogP contribution in [0.2, 0.25) is 5.02 Å². The predicted molar refractivity (Wildman–Crippen MR) is 127 cm³/mol. The van der Waals surface area contributed by atoms with E-state index < -0.39 is 12.0 Å². The van der Waals surface area contributed by atoms with Gasteiger partial charge in [-0.1, -0.05) is 41.1 Å². The highest BCUT2D eigenvalue weighted by atomic mass is 35.5. The van der Waals surface area contributed by atoms with Crippen LogP contribution >= 0.6 is 22.9 Å². The Balaban J connectivity index is 1.97. The summed E-state index contributed by atoms with van der Waals surface area (Å²) < 4.78 is 17.8. The van der Waals surface area contributed by atoms with Gasteiger partial charge in [-0.2, -0.15) is 0 Å². The smallest absolute Gasteiger partial charge is 0.338 e. The van der Waals surface area contributed by atoms with Crippen LogP contribution in [0.25, 0.3) is 6.08 Å². The van der Waals surface area contributed by atoms with Crippen LogP contribution < -0.4 is 24.4 Å². The average Bonchev–Trinajstić information content (AvgIpc) is 3.13. The summed E-state index contributed by atoms with van der Waals surface area (Å²) in [5.74, 6) is 0.469. The molecule has 1 aliphatic rings. The topological polar surface area (TPSA) is 79.1 Å². The minimum absolute atomic E-state index is 0.262.